The molecule has 1 aliphatic rings. The molecule has 5 heteroatoms. The van der Waals surface area contributed by atoms with E-state index in [0.29, 0.717) is 18.9 Å². The summed E-state index contributed by atoms with van der Waals surface area (Å²) in [7, 11) is 2.04. The lowest BCUT2D eigenvalue weighted by molar-refractivity contribution is 0.0521. The van der Waals surface area contributed by atoms with Crippen LogP contribution in [0.1, 0.15) is 23.0 Å². The Morgan fingerprint density at radius 1 is 1.26 bits per heavy atom. The zero-order chi connectivity index (χ0) is 18.5. The van der Waals surface area contributed by atoms with E-state index in [1.165, 1.54) is 5.56 Å². The van der Waals surface area contributed by atoms with Crippen LogP contribution in [-0.2, 0) is 18.2 Å². The summed E-state index contributed by atoms with van der Waals surface area (Å²) in [5.41, 5.74) is 6.66. The average molecular weight is 360 g/mol. The lowest BCUT2D eigenvalue weighted by Gasteiger charge is -2.08. The smallest absolute Gasteiger partial charge is 0.355 e. The third kappa shape index (κ3) is 2.28. The summed E-state index contributed by atoms with van der Waals surface area (Å²) in [6.07, 6.45) is 0.889. The predicted octanol–water partition coefficient (Wildman–Crippen LogP) is 4.44. The van der Waals surface area contributed by atoms with E-state index in [4.69, 9.17) is 9.47 Å². The highest BCUT2D eigenvalue weighted by molar-refractivity contribution is 6.16. The monoisotopic (exact) mass is 360 g/mol. The van der Waals surface area contributed by atoms with Gasteiger partial charge in [-0.05, 0) is 36.2 Å². The van der Waals surface area contributed by atoms with Crippen LogP contribution in [0, 0.1) is 0 Å². The van der Waals surface area contributed by atoms with E-state index in [9.17, 15) is 4.79 Å². The highest BCUT2D eigenvalue weighted by atomic mass is 16.5. The van der Waals surface area contributed by atoms with E-state index in [0.717, 1.165) is 45.2 Å². The summed E-state index contributed by atoms with van der Waals surface area (Å²) >= 11 is 0. The number of ether oxygens (including phenoxy) is 2. The van der Waals surface area contributed by atoms with Gasteiger partial charge >= 0.3 is 5.97 Å². The highest BCUT2D eigenvalue weighted by Gasteiger charge is 2.25. The van der Waals surface area contributed by atoms with Gasteiger partial charge in [-0.1, -0.05) is 24.3 Å². The molecule has 136 valence electrons. The van der Waals surface area contributed by atoms with Crippen molar-refractivity contribution >= 4 is 27.9 Å². The van der Waals surface area contributed by atoms with Gasteiger partial charge in [0.15, 0.2) is 0 Å². The molecule has 2 aromatic carbocycles. The number of nitrogens with zero attached hydrogens (tertiary/aromatic N) is 1. The minimum atomic E-state index is -0.329. The second kappa shape index (κ2) is 5.91. The molecule has 0 radical (unpaired) electrons. The molecule has 0 atom stereocenters. The molecular formula is C22H20N2O3. The van der Waals surface area contributed by atoms with Crippen molar-refractivity contribution < 1.29 is 14.3 Å². The molecule has 4 aromatic rings. The van der Waals surface area contributed by atoms with Gasteiger partial charge in [-0.15, -0.1) is 0 Å². The summed E-state index contributed by atoms with van der Waals surface area (Å²) < 4.78 is 13.1. The third-order valence-corrected chi connectivity index (χ3v) is 5.30. The SMILES string of the molecule is CCOC(=O)c1[nH]c2c3ccccc3n(C)c2c1-c1ccc2c(c1)CCO2. The van der Waals surface area contributed by atoms with Crippen LogP contribution in [0.5, 0.6) is 5.75 Å². The molecule has 0 saturated carbocycles. The van der Waals surface area contributed by atoms with Crippen molar-refractivity contribution in [2.24, 2.45) is 7.05 Å². The predicted molar refractivity (Wildman–Crippen MR) is 105 cm³/mol. The standard InChI is InChI=1S/C22H20N2O3/c1-3-26-22(25)20-18(14-8-9-17-13(12-14)10-11-27-17)21-19(23-20)15-6-4-5-7-16(15)24(21)2/h4-9,12,23H,3,10-11H2,1-2H3. The number of nitrogens with one attached hydrogen (secondary N) is 1. The quantitative estimate of drug-likeness (QED) is 0.550. The summed E-state index contributed by atoms with van der Waals surface area (Å²) in [5, 5.41) is 1.09. The minimum Gasteiger partial charge on any atom is -0.493 e. The summed E-state index contributed by atoms with van der Waals surface area (Å²) in [4.78, 5) is 16.1. The molecule has 5 nitrogen and oxygen atoms in total. The van der Waals surface area contributed by atoms with Crippen LogP contribution in [0.4, 0.5) is 0 Å². The minimum absolute atomic E-state index is 0.329. The molecule has 0 bridgehead atoms. The van der Waals surface area contributed by atoms with Gasteiger partial charge in [-0.25, -0.2) is 4.79 Å². The van der Waals surface area contributed by atoms with Gasteiger partial charge in [0.25, 0.3) is 0 Å². The number of hydrogen-bond acceptors (Lipinski definition) is 3. The first-order valence-corrected chi connectivity index (χ1v) is 9.21. The Bertz CT molecular complexity index is 1200. The largest absolute Gasteiger partial charge is 0.493 e. The van der Waals surface area contributed by atoms with Gasteiger partial charge in [-0.3, -0.25) is 0 Å². The van der Waals surface area contributed by atoms with Crippen LogP contribution >= 0.6 is 0 Å². The van der Waals surface area contributed by atoms with Crippen molar-refractivity contribution in [2.45, 2.75) is 13.3 Å². The molecule has 0 saturated heterocycles. The Hall–Kier alpha value is -3.21. The van der Waals surface area contributed by atoms with Crippen molar-refractivity contribution in [3.05, 3.63) is 53.7 Å². The van der Waals surface area contributed by atoms with Crippen molar-refractivity contribution in [3.8, 4) is 16.9 Å². The van der Waals surface area contributed by atoms with Crippen molar-refractivity contribution in [2.75, 3.05) is 13.2 Å². The number of aryl methyl sites for hydroxylation is 1. The average Bonchev–Trinajstić information content (AvgIpc) is 3.37. The van der Waals surface area contributed by atoms with Gasteiger partial charge in [0.1, 0.15) is 11.4 Å². The first kappa shape index (κ1) is 16.0. The Morgan fingerprint density at radius 2 is 2.11 bits per heavy atom. The van der Waals surface area contributed by atoms with Gasteiger partial charge in [0.2, 0.25) is 0 Å². The van der Waals surface area contributed by atoms with Crippen LogP contribution in [0.25, 0.3) is 33.1 Å². The number of carbonyl (C=O) groups is 1. The maximum atomic E-state index is 12.7. The van der Waals surface area contributed by atoms with Gasteiger partial charge in [0.05, 0.1) is 29.8 Å². The molecule has 3 heterocycles. The second-order valence-electron chi connectivity index (χ2n) is 6.82. The lowest BCUT2D eigenvalue weighted by Crippen LogP contribution is -2.07. The van der Waals surface area contributed by atoms with Crippen LogP contribution < -0.4 is 4.74 Å². The van der Waals surface area contributed by atoms with E-state index in [2.05, 4.69) is 27.8 Å². The fraction of sp³-hybridized carbons (Fsp3) is 0.227. The number of aromatic nitrogens is 2. The van der Waals surface area contributed by atoms with E-state index >= 15 is 0 Å². The Balaban J connectivity index is 1.85. The molecule has 0 aliphatic carbocycles. The maximum absolute atomic E-state index is 12.7. The topological polar surface area (TPSA) is 56.2 Å². The van der Waals surface area contributed by atoms with Gasteiger partial charge in [0, 0.05) is 24.4 Å². The highest BCUT2D eigenvalue weighted by Crippen LogP contribution is 2.40. The molecular weight excluding hydrogens is 340 g/mol. The first-order chi connectivity index (χ1) is 13.2. The number of benzene rings is 2. The Labute approximate surface area is 156 Å². The molecule has 5 rings (SSSR count). The number of aromatic amines is 1. The number of carbonyl (C=O) groups excluding carboxylic acids is 1. The number of esters is 1. The Kier molecular flexibility index (Phi) is 3.50. The molecule has 0 spiro atoms. The van der Waals surface area contributed by atoms with Crippen molar-refractivity contribution in [1.82, 2.24) is 9.55 Å². The normalized spacial score (nSPS) is 13.1. The second-order valence-corrected chi connectivity index (χ2v) is 6.82. The van der Waals surface area contributed by atoms with Crippen molar-refractivity contribution in [3.63, 3.8) is 0 Å². The van der Waals surface area contributed by atoms with E-state index in [-0.39, 0.29) is 5.97 Å². The summed E-state index contributed by atoms with van der Waals surface area (Å²) in [6, 6.07) is 14.3. The zero-order valence-corrected chi connectivity index (χ0v) is 15.3. The van der Waals surface area contributed by atoms with Crippen LogP contribution in [0.15, 0.2) is 42.5 Å². The summed E-state index contributed by atoms with van der Waals surface area (Å²) in [5.74, 6) is 0.602. The molecule has 0 fully saturated rings. The number of H-pyrrole nitrogens is 1. The van der Waals surface area contributed by atoms with Crippen molar-refractivity contribution in [1.29, 1.82) is 0 Å². The number of para-hydroxylation sites is 1. The molecule has 1 N–H and O–H groups in total. The van der Waals surface area contributed by atoms with E-state index in [1.54, 1.807) is 0 Å². The van der Waals surface area contributed by atoms with E-state index < -0.39 is 0 Å². The third-order valence-electron chi connectivity index (χ3n) is 5.30. The summed E-state index contributed by atoms with van der Waals surface area (Å²) in [6.45, 7) is 2.87. The van der Waals surface area contributed by atoms with Gasteiger partial charge in [-0.2, -0.15) is 0 Å². The number of rotatable bonds is 3. The lowest BCUT2D eigenvalue weighted by atomic mass is 10.0. The zero-order valence-electron chi connectivity index (χ0n) is 15.3. The number of hydrogen-bond donors (Lipinski definition) is 1. The van der Waals surface area contributed by atoms with Gasteiger partial charge < -0.3 is 19.0 Å². The van der Waals surface area contributed by atoms with Crippen LogP contribution in [-0.4, -0.2) is 28.7 Å². The van der Waals surface area contributed by atoms with Crippen LogP contribution in [0.2, 0.25) is 0 Å². The van der Waals surface area contributed by atoms with E-state index in [1.807, 2.05) is 38.2 Å². The molecule has 0 amide bonds. The molecule has 0 unspecified atom stereocenters. The number of fused-ring (bicyclic) bond motifs is 4. The Morgan fingerprint density at radius 3 is 2.96 bits per heavy atom. The fourth-order valence-electron chi connectivity index (χ4n) is 4.10. The maximum Gasteiger partial charge on any atom is 0.355 e. The van der Waals surface area contributed by atoms with Crippen LogP contribution in [0.3, 0.4) is 0 Å². The molecule has 27 heavy (non-hydrogen) atoms. The molecule has 2 aromatic heterocycles. The first-order valence-electron chi connectivity index (χ1n) is 9.21. The fourth-order valence-corrected chi connectivity index (χ4v) is 4.10. The molecule has 1 aliphatic heterocycles.